The molecule has 0 atom stereocenters. The van der Waals surface area contributed by atoms with E-state index in [4.69, 9.17) is 30.6 Å². The summed E-state index contributed by atoms with van der Waals surface area (Å²) < 4.78 is 4.64. The molecule has 2 rings (SSSR count). The van der Waals surface area contributed by atoms with Crippen molar-refractivity contribution < 1.29 is 64.1 Å². The van der Waals surface area contributed by atoms with Gasteiger partial charge >= 0.3 is 35.8 Å². The average molecular weight is 579 g/mol. The summed E-state index contributed by atoms with van der Waals surface area (Å²) in [5.41, 5.74) is 0.326. The molecule has 0 unspecified atom stereocenters. The molecule has 224 valence electrons. The van der Waals surface area contributed by atoms with Crippen molar-refractivity contribution >= 4 is 35.8 Å². The number of aliphatic carboxylic acids is 2. The van der Waals surface area contributed by atoms with Crippen LogP contribution in [0.2, 0.25) is 0 Å². The topological polar surface area (TPSA) is 233 Å². The van der Waals surface area contributed by atoms with Crippen molar-refractivity contribution in [1.82, 2.24) is 0 Å². The van der Waals surface area contributed by atoms with Crippen molar-refractivity contribution in [3.8, 4) is 0 Å². The number of hydrogen-bond donors (Lipinski definition) is 6. The molecule has 2 aromatic rings. The molecule has 0 amide bonds. The summed E-state index contributed by atoms with van der Waals surface area (Å²) >= 11 is 0. The summed E-state index contributed by atoms with van der Waals surface area (Å²) in [5, 5.41) is 50.7. The molecule has 2 aromatic carbocycles. The van der Waals surface area contributed by atoms with Crippen LogP contribution in [-0.2, 0) is 14.3 Å². The van der Waals surface area contributed by atoms with Gasteiger partial charge in [0, 0.05) is 12.8 Å². The van der Waals surface area contributed by atoms with Gasteiger partial charge in [-0.05, 0) is 55.3 Å². The molecule has 13 nitrogen and oxygen atoms in total. The summed E-state index contributed by atoms with van der Waals surface area (Å²) in [6.07, 6.45) is 5.82. The van der Waals surface area contributed by atoms with Gasteiger partial charge in [-0.25, -0.2) is 19.2 Å². The summed E-state index contributed by atoms with van der Waals surface area (Å²) in [6, 6.07) is 10.6. The van der Waals surface area contributed by atoms with E-state index in [9.17, 15) is 28.8 Å². The second-order valence-corrected chi connectivity index (χ2v) is 8.34. The maximum absolute atomic E-state index is 11.2. The van der Waals surface area contributed by atoms with Crippen LogP contribution in [-0.4, -0.2) is 79.7 Å². The van der Waals surface area contributed by atoms with Crippen molar-refractivity contribution in [2.24, 2.45) is 0 Å². The van der Waals surface area contributed by atoms with Crippen LogP contribution in [0.3, 0.4) is 0 Å². The molecule has 13 heteroatoms. The third-order valence-corrected chi connectivity index (χ3v) is 5.08. The molecule has 0 saturated heterocycles. The second kappa shape index (κ2) is 21.1. The number of hydrogen-bond acceptors (Lipinski definition) is 8. The molecule has 0 aliphatic heterocycles. The number of rotatable bonds is 15. The molecule has 0 heterocycles. The molecule has 41 heavy (non-hydrogen) atoms. The molecule has 0 spiro atoms. The zero-order valence-electron chi connectivity index (χ0n) is 22.2. The SMILES string of the molecule is O=C(O)CCCCCCCCC(=O)O.O=C(O)c1ccc(C(=O)OCCO)cc1.O=C(O)c1cccc(C(=O)O)c1. The summed E-state index contributed by atoms with van der Waals surface area (Å²) in [4.78, 5) is 62.8. The predicted molar refractivity (Wildman–Crippen MR) is 143 cm³/mol. The highest BCUT2D eigenvalue weighted by Gasteiger charge is 2.09. The number of benzene rings is 2. The molecule has 0 aliphatic carbocycles. The van der Waals surface area contributed by atoms with Gasteiger partial charge in [0.05, 0.1) is 28.9 Å². The van der Waals surface area contributed by atoms with Crippen molar-refractivity contribution in [2.75, 3.05) is 13.2 Å². The van der Waals surface area contributed by atoms with Crippen LogP contribution in [0.5, 0.6) is 0 Å². The van der Waals surface area contributed by atoms with Crippen LogP contribution in [0.15, 0.2) is 48.5 Å². The lowest BCUT2D eigenvalue weighted by Gasteiger charge is -2.02. The van der Waals surface area contributed by atoms with Crippen molar-refractivity contribution in [2.45, 2.75) is 51.4 Å². The normalized spacial score (nSPS) is 9.68. The van der Waals surface area contributed by atoms with E-state index in [-0.39, 0.29) is 48.3 Å². The lowest BCUT2D eigenvalue weighted by Crippen LogP contribution is -2.09. The Balaban J connectivity index is 0.000000589. The minimum Gasteiger partial charge on any atom is -0.481 e. The second-order valence-electron chi connectivity index (χ2n) is 8.34. The van der Waals surface area contributed by atoms with Crippen molar-refractivity contribution in [3.05, 3.63) is 70.8 Å². The Morgan fingerprint density at radius 2 is 0.927 bits per heavy atom. The van der Waals surface area contributed by atoms with Crippen LogP contribution in [0.4, 0.5) is 0 Å². The summed E-state index contributed by atoms with van der Waals surface area (Å²) in [5.74, 6) is -5.37. The summed E-state index contributed by atoms with van der Waals surface area (Å²) in [6.45, 7) is -0.307. The average Bonchev–Trinajstić information content (AvgIpc) is 2.93. The highest BCUT2D eigenvalue weighted by Crippen LogP contribution is 2.09. The van der Waals surface area contributed by atoms with Crippen LogP contribution in [0.1, 0.15) is 92.8 Å². The molecule has 0 bridgehead atoms. The fraction of sp³-hybridized carbons (Fsp3) is 0.357. The quantitative estimate of drug-likeness (QED) is 0.130. The van der Waals surface area contributed by atoms with Crippen LogP contribution < -0.4 is 0 Å². The highest BCUT2D eigenvalue weighted by atomic mass is 16.5. The first-order valence-corrected chi connectivity index (χ1v) is 12.5. The smallest absolute Gasteiger partial charge is 0.338 e. The molecule has 6 N–H and O–H groups in total. The van der Waals surface area contributed by atoms with Gasteiger partial charge in [-0.3, -0.25) is 9.59 Å². The Hall–Kier alpha value is -4.78. The zero-order chi connectivity index (χ0) is 31.2. The number of esters is 1. The van der Waals surface area contributed by atoms with E-state index in [2.05, 4.69) is 4.74 Å². The number of aromatic carboxylic acids is 3. The van der Waals surface area contributed by atoms with E-state index in [1.165, 1.54) is 42.5 Å². The highest BCUT2D eigenvalue weighted by molar-refractivity contribution is 5.94. The van der Waals surface area contributed by atoms with E-state index < -0.39 is 35.8 Å². The number of carbonyl (C=O) groups excluding carboxylic acids is 1. The van der Waals surface area contributed by atoms with Crippen molar-refractivity contribution in [1.29, 1.82) is 0 Å². The third-order valence-electron chi connectivity index (χ3n) is 5.08. The fourth-order valence-electron chi connectivity index (χ4n) is 3.02. The van der Waals surface area contributed by atoms with Gasteiger partial charge in [-0.2, -0.15) is 0 Å². The Morgan fingerprint density at radius 1 is 0.537 bits per heavy atom. The van der Waals surface area contributed by atoms with Crippen LogP contribution >= 0.6 is 0 Å². The van der Waals surface area contributed by atoms with E-state index >= 15 is 0 Å². The first-order chi connectivity index (χ1) is 19.4. The van der Waals surface area contributed by atoms with Gasteiger partial charge in [0.25, 0.3) is 0 Å². The number of carbonyl (C=O) groups is 6. The predicted octanol–water partition coefficient (Wildman–Crippen LogP) is 3.89. The van der Waals surface area contributed by atoms with E-state index in [1.54, 1.807) is 0 Å². The molecular formula is C28H34O13. The minimum absolute atomic E-state index is 0.0186. The number of aliphatic hydroxyl groups is 1. The van der Waals surface area contributed by atoms with Gasteiger partial charge in [0.1, 0.15) is 6.61 Å². The number of unbranched alkanes of at least 4 members (excludes halogenated alkanes) is 5. The van der Waals surface area contributed by atoms with Crippen LogP contribution in [0.25, 0.3) is 0 Å². The molecule has 0 saturated carbocycles. The first kappa shape index (κ1) is 36.2. The Labute approximate surface area is 235 Å². The summed E-state index contributed by atoms with van der Waals surface area (Å²) in [7, 11) is 0. The zero-order valence-corrected chi connectivity index (χ0v) is 22.2. The van der Waals surface area contributed by atoms with Crippen LogP contribution in [0, 0.1) is 0 Å². The number of ether oxygens (including phenoxy) is 1. The molecule has 0 aliphatic rings. The minimum atomic E-state index is -1.13. The molecule has 0 radical (unpaired) electrons. The monoisotopic (exact) mass is 578 g/mol. The number of carboxylic acids is 5. The molecular weight excluding hydrogens is 544 g/mol. The lowest BCUT2D eigenvalue weighted by molar-refractivity contribution is -0.138. The van der Waals surface area contributed by atoms with Crippen molar-refractivity contribution in [3.63, 3.8) is 0 Å². The maximum Gasteiger partial charge on any atom is 0.338 e. The number of aliphatic hydroxyl groups excluding tert-OH is 1. The Morgan fingerprint density at radius 3 is 1.29 bits per heavy atom. The van der Waals surface area contributed by atoms with E-state index in [0.29, 0.717) is 0 Å². The largest absolute Gasteiger partial charge is 0.481 e. The number of carboxylic acid groups (broad SMARTS) is 5. The van der Waals surface area contributed by atoms with Gasteiger partial charge < -0.3 is 35.4 Å². The van der Waals surface area contributed by atoms with Gasteiger partial charge in [0.2, 0.25) is 0 Å². The van der Waals surface area contributed by atoms with Gasteiger partial charge in [-0.1, -0.05) is 31.7 Å². The Bertz CT molecular complexity index is 1090. The maximum atomic E-state index is 11.2. The third kappa shape index (κ3) is 18.2. The molecule has 0 aromatic heterocycles. The first-order valence-electron chi connectivity index (χ1n) is 12.5. The standard InChI is InChI=1S/C10H10O5.C10H18O4.C8H6O4/c11-5-6-15-10(14)8-3-1-7(2-4-8)9(12)13;11-9(12)7-5-3-1-2-4-6-8-10(13)14;9-7(10)5-2-1-3-6(4-5)8(11)12/h1-4,11H,5-6H2,(H,12,13);1-8H2,(H,11,12)(H,13,14);1-4H,(H,9,10)(H,11,12). The lowest BCUT2D eigenvalue weighted by atomic mass is 10.1. The van der Waals surface area contributed by atoms with E-state index in [1.807, 2.05) is 0 Å². The van der Waals surface area contributed by atoms with Gasteiger partial charge in [0.15, 0.2) is 0 Å². The van der Waals surface area contributed by atoms with Gasteiger partial charge in [-0.15, -0.1) is 0 Å². The Kier molecular flexibility index (Phi) is 18.6. The fourth-order valence-corrected chi connectivity index (χ4v) is 3.02. The van der Waals surface area contributed by atoms with E-state index in [0.717, 1.165) is 44.6 Å². The molecule has 0 fully saturated rings.